The van der Waals surface area contributed by atoms with Crippen molar-refractivity contribution in [3.05, 3.63) is 42.6 Å². The molecule has 208 valence electrons. The first-order chi connectivity index (χ1) is 18.8. The molecule has 0 spiro atoms. The molecule has 2 N–H and O–H groups in total. The Balaban J connectivity index is 1.34. The lowest BCUT2D eigenvalue weighted by atomic mass is 10.1. The van der Waals surface area contributed by atoms with E-state index in [1.54, 1.807) is 31.9 Å². The molecular weight excluding hydrogens is 516 g/mol. The van der Waals surface area contributed by atoms with E-state index in [0.29, 0.717) is 36.8 Å². The zero-order valence-corrected chi connectivity index (χ0v) is 23.7. The number of aromatic nitrogens is 1. The van der Waals surface area contributed by atoms with Gasteiger partial charge in [-0.2, -0.15) is 0 Å². The van der Waals surface area contributed by atoms with E-state index in [-0.39, 0.29) is 30.6 Å². The van der Waals surface area contributed by atoms with Crippen molar-refractivity contribution in [2.45, 2.75) is 57.3 Å². The highest BCUT2D eigenvalue weighted by atomic mass is 32.2. The van der Waals surface area contributed by atoms with Crippen LogP contribution in [0.3, 0.4) is 0 Å². The Morgan fingerprint density at radius 2 is 2.15 bits per heavy atom. The minimum Gasteiger partial charge on any atom is -0.497 e. The van der Waals surface area contributed by atoms with Gasteiger partial charge < -0.3 is 24.8 Å². The number of methoxy groups -OCH3 is 1. The molecule has 10 heteroatoms. The summed E-state index contributed by atoms with van der Waals surface area (Å²) in [4.78, 5) is 35.5. The number of nitrogens with one attached hydrogen (secondary N) is 2. The normalized spacial score (nSPS) is 27.8. The monoisotopic (exact) mass is 552 g/mol. The van der Waals surface area contributed by atoms with Crippen molar-refractivity contribution in [1.29, 1.82) is 0 Å². The van der Waals surface area contributed by atoms with E-state index in [1.165, 1.54) is 0 Å². The third kappa shape index (κ3) is 5.49. The van der Waals surface area contributed by atoms with Crippen molar-refractivity contribution < 1.29 is 23.8 Å². The molecule has 9 nitrogen and oxygen atoms in total. The number of rotatable bonds is 10. The van der Waals surface area contributed by atoms with Crippen molar-refractivity contribution in [3.63, 3.8) is 0 Å². The van der Waals surface area contributed by atoms with Crippen LogP contribution in [-0.2, 0) is 14.3 Å². The van der Waals surface area contributed by atoms with Gasteiger partial charge in [0.2, 0.25) is 5.91 Å². The molecule has 2 aliphatic heterocycles. The first kappa shape index (κ1) is 27.5. The third-order valence-corrected chi connectivity index (χ3v) is 8.72. The lowest BCUT2D eigenvalue weighted by molar-refractivity contribution is -0.149. The number of hydrogen-bond acceptors (Lipinski definition) is 9. The molecule has 0 bridgehead atoms. The van der Waals surface area contributed by atoms with E-state index < -0.39 is 17.6 Å². The van der Waals surface area contributed by atoms with Crippen LogP contribution in [-0.4, -0.2) is 71.6 Å². The molecule has 1 amide bonds. The van der Waals surface area contributed by atoms with Gasteiger partial charge >= 0.3 is 5.97 Å². The molecule has 5 rings (SSSR count). The number of amides is 1. The number of ether oxygens (including phenoxy) is 3. The number of esters is 1. The van der Waals surface area contributed by atoms with Crippen molar-refractivity contribution in [3.8, 4) is 11.5 Å². The van der Waals surface area contributed by atoms with Gasteiger partial charge in [-0.05, 0) is 31.4 Å². The molecule has 1 unspecified atom stereocenters. The average Bonchev–Trinajstić information content (AvgIpc) is 3.25. The number of nitrogens with zero attached hydrogens (tertiary/aromatic N) is 2. The highest BCUT2D eigenvalue weighted by Crippen LogP contribution is 2.45. The van der Waals surface area contributed by atoms with E-state index in [0.717, 1.165) is 27.4 Å². The second-order valence-electron chi connectivity index (χ2n) is 10.6. The smallest absolute Gasteiger partial charge is 0.332 e. The van der Waals surface area contributed by atoms with Gasteiger partial charge in [0.05, 0.1) is 37.0 Å². The second kappa shape index (κ2) is 11.2. The summed E-state index contributed by atoms with van der Waals surface area (Å²) in [5.74, 6) is 2.03. The first-order valence-corrected chi connectivity index (χ1v) is 14.5. The molecule has 1 aromatic heterocycles. The molecule has 1 saturated heterocycles. The lowest BCUT2D eigenvalue weighted by Gasteiger charge is -2.20. The molecular formula is C29H36N4O5S. The maximum absolute atomic E-state index is 13.2. The summed E-state index contributed by atoms with van der Waals surface area (Å²) < 4.78 is 17.2. The van der Waals surface area contributed by atoms with Gasteiger partial charge in [-0.25, -0.2) is 9.78 Å². The number of carbonyl (C=O) groups is 2. The number of pyridine rings is 1. The molecule has 0 radical (unpaired) electrons. The van der Waals surface area contributed by atoms with Crippen LogP contribution >= 0.6 is 11.8 Å². The van der Waals surface area contributed by atoms with E-state index in [2.05, 4.69) is 31.1 Å². The summed E-state index contributed by atoms with van der Waals surface area (Å²) in [6.45, 7) is 10.7. The zero-order valence-electron chi connectivity index (χ0n) is 22.9. The van der Waals surface area contributed by atoms with Crippen LogP contribution in [0, 0.1) is 11.8 Å². The number of fused-ring (bicyclic) bond motifs is 1. The number of benzene rings is 1. The van der Waals surface area contributed by atoms with E-state index >= 15 is 0 Å². The zero-order chi connectivity index (χ0) is 27.7. The predicted octanol–water partition coefficient (Wildman–Crippen LogP) is 3.49. The SMILES string of the molecule is C=C[C@@H]1C[C@]1(NC(=O)[C@@H]1C[C@@H](Oc2cc(C3=NC(C(C)C)CS3)nc3cc(OC)ccc23)CN1)C(=O)OCC. The average molecular weight is 553 g/mol. The van der Waals surface area contributed by atoms with E-state index in [9.17, 15) is 9.59 Å². The van der Waals surface area contributed by atoms with Crippen LogP contribution in [0.5, 0.6) is 11.5 Å². The molecule has 1 aliphatic carbocycles. The molecule has 1 saturated carbocycles. The Morgan fingerprint density at radius 1 is 1.33 bits per heavy atom. The van der Waals surface area contributed by atoms with Gasteiger partial charge in [0.15, 0.2) is 0 Å². The summed E-state index contributed by atoms with van der Waals surface area (Å²) in [5.41, 5.74) is 0.525. The highest BCUT2D eigenvalue weighted by molar-refractivity contribution is 8.14. The molecule has 3 aliphatic rings. The summed E-state index contributed by atoms with van der Waals surface area (Å²) in [6.07, 6.45) is 2.42. The molecule has 5 atom stereocenters. The van der Waals surface area contributed by atoms with Crippen LogP contribution in [0.1, 0.15) is 39.3 Å². The van der Waals surface area contributed by atoms with Gasteiger partial charge in [-0.15, -0.1) is 18.3 Å². The summed E-state index contributed by atoms with van der Waals surface area (Å²) in [5, 5.41) is 7.97. The summed E-state index contributed by atoms with van der Waals surface area (Å²) in [7, 11) is 1.63. The Hall–Kier alpha value is -3.11. The summed E-state index contributed by atoms with van der Waals surface area (Å²) in [6, 6.07) is 7.46. The van der Waals surface area contributed by atoms with Crippen LogP contribution in [0.4, 0.5) is 0 Å². The number of carbonyl (C=O) groups excluding carboxylic acids is 2. The predicted molar refractivity (Wildman–Crippen MR) is 153 cm³/mol. The number of hydrogen-bond donors (Lipinski definition) is 2. The Kier molecular flexibility index (Phi) is 7.87. The quantitative estimate of drug-likeness (QED) is 0.340. The van der Waals surface area contributed by atoms with Gasteiger partial charge in [-0.1, -0.05) is 19.9 Å². The maximum atomic E-state index is 13.2. The summed E-state index contributed by atoms with van der Waals surface area (Å²) >= 11 is 1.72. The van der Waals surface area contributed by atoms with Crippen LogP contribution < -0.4 is 20.1 Å². The Bertz CT molecular complexity index is 1310. The van der Waals surface area contributed by atoms with Crippen molar-refractivity contribution in [2.24, 2.45) is 16.8 Å². The number of thioether (sulfide) groups is 1. The van der Waals surface area contributed by atoms with Gasteiger partial charge in [-0.3, -0.25) is 9.79 Å². The fraction of sp³-hybridized carbons (Fsp3) is 0.517. The van der Waals surface area contributed by atoms with Gasteiger partial charge in [0.1, 0.15) is 28.2 Å². The fourth-order valence-electron chi connectivity index (χ4n) is 5.12. The number of aliphatic imine (C=N–C) groups is 1. The molecule has 2 fully saturated rings. The molecule has 2 aromatic rings. The van der Waals surface area contributed by atoms with E-state index in [1.807, 2.05) is 24.3 Å². The maximum Gasteiger partial charge on any atom is 0.332 e. The van der Waals surface area contributed by atoms with Crippen LogP contribution in [0.25, 0.3) is 10.9 Å². The Morgan fingerprint density at radius 3 is 2.82 bits per heavy atom. The molecule has 1 aromatic carbocycles. The highest BCUT2D eigenvalue weighted by Gasteiger charge is 2.61. The van der Waals surface area contributed by atoms with Crippen molar-refractivity contribution in [1.82, 2.24) is 15.6 Å². The minimum atomic E-state index is -1.02. The standard InChI is InChI=1S/C29H36N4O5S/c1-6-17-13-29(17,28(35)37-7-2)33-26(34)22-11-19(14-30-22)38-25-12-23(27-32-24(15-39-27)16(3)4)31-21-10-18(36-5)8-9-20(21)25/h6,8-10,12,16-17,19,22,24,30H,1,7,11,13-15H2,2-5H3,(H,33,34)/t17-,19-,22+,24?,29-/m1/s1. The second-order valence-corrected chi connectivity index (χ2v) is 11.6. The minimum absolute atomic E-state index is 0.126. The third-order valence-electron chi connectivity index (χ3n) is 7.63. The largest absolute Gasteiger partial charge is 0.497 e. The first-order valence-electron chi connectivity index (χ1n) is 13.5. The van der Waals surface area contributed by atoms with E-state index in [4.69, 9.17) is 24.2 Å². The van der Waals surface area contributed by atoms with Crippen LogP contribution in [0.15, 0.2) is 41.9 Å². The Labute approximate surface area is 233 Å². The molecule has 3 heterocycles. The topological polar surface area (TPSA) is 111 Å². The lowest BCUT2D eigenvalue weighted by Crippen LogP contribution is -2.51. The van der Waals surface area contributed by atoms with Gasteiger partial charge in [0, 0.05) is 42.2 Å². The van der Waals surface area contributed by atoms with Crippen molar-refractivity contribution in [2.75, 3.05) is 26.0 Å². The van der Waals surface area contributed by atoms with Crippen LogP contribution in [0.2, 0.25) is 0 Å². The molecule has 39 heavy (non-hydrogen) atoms. The fourth-order valence-corrected chi connectivity index (χ4v) is 6.37. The van der Waals surface area contributed by atoms with Crippen molar-refractivity contribution >= 4 is 39.6 Å². The van der Waals surface area contributed by atoms with Gasteiger partial charge in [0.25, 0.3) is 0 Å².